The Bertz CT molecular complexity index is 1550. The molecule has 0 spiro atoms. The molecular weight excluding hydrogens is 456 g/mol. The summed E-state index contributed by atoms with van der Waals surface area (Å²) in [5.74, 6) is -1.49. The Kier molecular flexibility index (Phi) is 5.61. The lowest BCUT2D eigenvalue weighted by Crippen LogP contribution is -2.18. The summed E-state index contributed by atoms with van der Waals surface area (Å²) in [5.41, 5.74) is 1.90. The average Bonchev–Trinajstić information content (AvgIpc) is 3.51. The standard InChI is InChI=1S/C25H19F2N5O3/c1-34-22-12-17(30-13-18(26)19(27)14-30)8-9-20(22)31-15-23(35-2)25(33)24(29-31)21-10-11-28-32(21)16-6-4-3-5-7-16/h3-15H,1-2H3. The second-order valence-electron chi connectivity index (χ2n) is 7.50. The zero-order chi connectivity index (χ0) is 24.5. The number of methoxy groups -OCH3 is 2. The molecule has 5 aromatic rings. The van der Waals surface area contributed by atoms with E-state index in [9.17, 15) is 13.6 Å². The van der Waals surface area contributed by atoms with Crippen LogP contribution in [0.1, 0.15) is 0 Å². The van der Waals surface area contributed by atoms with E-state index in [1.165, 1.54) is 29.7 Å². The number of hydrogen-bond donors (Lipinski definition) is 0. The molecule has 0 saturated carbocycles. The summed E-state index contributed by atoms with van der Waals surface area (Å²) in [6.45, 7) is 0. The van der Waals surface area contributed by atoms with Gasteiger partial charge in [0.15, 0.2) is 23.1 Å². The van der Waals surface area contributed by atoms with Crippen molar-refractivity contribution in [3.05, 3.63) is 101 Å². The van der Waals surface area contributed by atoms with Crippen molar-refractivity contribution in [2.75, 3.05) is 14.2 Å². The number of hydrogen-bond acceptors (Lipinski definition) is 5. The van der Waals surface area contributed by atoms with E-state index >= 15 is 0 Å². The predicted molar refractivity (Wildman–Crippen MR) is 125 cm³/mol. The third-order valence-corrected chi connectivity index (χ3v) is 5.43. The van der Waals surface area contributed by atoms with Crippen molar-refractivity contribution in [3.8, 4) is 39.9 Å². The third-order valence-electron chi connectivity index (χ3n) is 5.43. The Morgan fingerprint density at radius 1 is 0.829 bits per heavy atom. The number of halogens is 2. The van der Waals surface area contributed by atoms with Gasteiger partial charge in [0.25, 0.3) is 5.43 Å². The summed E-state index contributed by atoms with van der Waals surface area (Å²) >= 11 is 0. The van der Waals surface area contributed by atoms with Crippen molar-refractivity contribution < 1.29 is 18.3 Å². The Hall–Kier alpha value is -4.73. The minimum absolute atomic E-state index is 0.0662. The summed E-state index contributed by atoms with van der Waals surface area (Å²) in [6, 6.07) is 16.0. The zero-order valence-electron chi connectivity index (χ0n) is 18.7. The minimum Gasteiger partial charge on any atom is -0.494 e. The van der Waals surface area contributed by atoms with Gasteiger partial charge in [-0.2, -0.15) is 10.2 Å². The van der Waals surface area contributed by atoms with Gasteiger partial charge in [-0.15, -0.1) is 0 Å². The molecule has 0 aliphatic carbocycles. The Balaban J connectivity index is 1.66. The summed E-state index contributed by atoms with van der Waals surface area (Å²) < 4.78 is 42.3. The van der Waals surface area contributed by atoms with Crippen molar-refractivity contribution >= 4 is 0 Å². The Morgan fingerprint density at radius 3 is 2.23 bits per heavy atom. The topological polar surface area (TPSA) is 76.1 Å². The Labute approximate surface area is 198 Å². The second kappa shape index (κ2) is 8.90. The van der Waals surface area contributed by atoms with E-state index in [1.807, 2.05) is 30.3 Å². The van der Waals surface area contributed by atoms with Gasteiger partial charge in [0.05, 0.1) is 38.0 Å². The lowest BCUT2D eigenvalue weighted by Gasteiger charge is -2.15. The molecule has 8 nitrogen and oxygen atoms in total. The normalized spacial score (nSPS) is 11.0. The highest BCUT2D eigenvalue weighted by Crippen LogP contribution is 2.28. The van der Waals surface area contributed by atoms with Crippen LogP contribution >= 0.6 is 0 Å². The van der Waals surface area contributed by atoms with E-state index in [4.69, 9.17) is 9.47 Å². The number of rotatable bonds is 6. The molecule has 5 rings (SSSR count). The highest BCUT2D eigenvalue weighted by molar-refractivity contribution is 5.60. The lowest BCUT2D eigenvalue weighted by molar-refractivity contribution is 0.401. The van der Waals surface area contributed by atoms with Crippen molar-refractivity contribution in [2.45, 2.75) is 0 Å². The number of aromatic nitrogens is 5. The van der Waals surface area contributed by atoms with Gasteiger partial charge in [0, 0.05) is 24.1 Å². The lowest BCUT2D eigenvalue weighted by atomic mass is 10.2. The Morgan fingerprint density at radius 2 is 1.54 bits per heavy atom. The van der Waals surface area contributed by atoms with Crippen LogP contribution in [-0.4, -0.2) is 38.3 Å². The summed E-state index contributed by atoms with van der Waals surface area (Å²) in [7, 11) is 2.86. The van der Waals surface area contributed by atoms with Crippen LogP contribution in [-0.2, 0) is 0 Å². The summed E-state index contributed by atoms with van der Waals surface area (Å²) in [6.07, 6.45) is 5.10. The van der Waals surface area contributed by atoms with Crippen LogP contribution in [0.5, 0.6) is 11.5 Å². The molecule has 0 N–H and O–H groups in total. The molecule has 0 bridgehead atoms. The monoisotopic (exact) mass is 475 g/mol. The molecule has 0 aliphatic heterocycles. The quantitative estimate of drug-likeness (QED) is 0.369. The molecule has 0 fully saturated rings. The van der Waals surface area contributed by atoms with Gasteiger partial charge in [0.1, 0.15) is 11.4 Å². The van der Waals surface area contributed by atoms with E-state index in [1.54, 1.807) is 35.1 Å². The van der Waals surface area contributed by atoms with Crippen molar-refractivity contribution in [1.82, 2.24) is 24.1 Å². The van der Waals surface area contributed by atoms with Crippen LogP contribution in [0.15, 0.2) is 84.2 Å². The summed E-state index contributed by atoms with van der Waals surface area (Å²) in [5, 5.41) is 8.91. The molecule has 10 heteroatoms. The number of benzene rings is 2. The van der Waals surface area contributed by atoms with Crippen LogP contribution in [0.4, 0.5) is 8.78 Å². The maximum absolute atomic E-state index is 13.5. The largest absolute Gasteiger partial charge is 0.494 e. The molecule has 0 atom stereocenters. The van der Waals surface area contributed by atoms with Gasteiger partial charge in [-0.1, -0.05) is 18.2 Å². The molecule has 0 radical (unpaired) electrons. The SMILES string of the molecule is COc1cc(-n2cc(F)c(F)c2)ccc1-n1cc(OC)c(=O)c(-c2ccnn2-c2ccccc2)n1. The van der Waals surface area contributed by atoms with Crippen LogP contribution in [0, 0.1) is 11.6 Å². The highest BCUT2D eigenvalue weighted by atomic mass is 19.2. The molecule has 3 aromatic heterocycles. The van der Waals surface area contributed by atoms with E-state index in [-0.39, 0.29) is 11.4 Å². The molecular formula is C25H19F2N5O3. The maximum atomic E-state index is 13.5. The average molecular weight is 475 g/mol. The molecule has 176 valence electrons. The van der Waals surface area contributed by atoms with Crippen LogP contribution in [0.2, 0.25) is 0 Å². The van der Waals surface area contributed by atoms with Gasteiger partial charge in [-0.25, -0.2) is 18.1 Å². The molecule has 0 aliphatic rings. The number of ether oxygens (including phenoxy) is 2. The molecule has 2 aromatic carbocycles. The van der Waals surface area contributed by atoms with Crippen LogP contribution in [0.3, 0.4) is 0 Å². The fourth-order valence-electron chi connectivity index (χ4n) is 3.73. The first kappa shape index (κ1) is 22.1. The fraction of sp³-hybridized carbons (Fsp3) is 0.0800. The van der Waals surface area contributed by atoms with Crippen molar-refractivity contribution in [3.63, 3.8) is 0 Å². The van der Waals surface area contributed by atoms with Crippen LogP contribution in [0.25, 0.3) is 28.5 Å². The molecule has 0 saturated heterocycles. The van der Waals surface area contributed by atoms with Gasteiger partial charge >= 0.3 is 0 Å². The number of nitrogens with zero attached hydrogens (tertiary/aromatic N) is 5. The van der Waals surface area contributed by atoms with Crippen molar-refractivity contribution in [2.24, 2.45) is 0 Å². The zero-order valence-corrected chi connectivity index (χ0v) is 18.7. The van der Waals surface area contributed by atoms with Gasteiger partial charge in [0.2, 0.25) is 0 Å². The van der Waals surface area contributed by atoms with Gasteiger partial charge in [-0.3, -0.25) is 4.79 Å². The van der Waals surface area contributed by atoms with Gasteiger partial charge < -0.3 is 14.0 Å². The van der Waals surface area contributed by atoms with E-state index in [0.717, 1.165) is 18.1 Å². The van der Waals surface area contributed by atoms with Gasteiger partial charge in [-0.05, 0) is 30.3 Å². The first-order chi connectivity index (χ1) is 17.0. The van der Waals surface area contributed by atoms with E-state index in [0.29, 0.717) is 22.8 Å². The first-order valence-corrected chi connectivity index (χ1v) is 10.5. The molecule has 0 unspecified atom stereocenters. The molecule has 35 heavy (non-hydrogen) atoms. The predicted octanol–water partition coefficient (Wildman–Crippen LogP) is 4.17. The van der Waals surface area contributed by atoms with Crippen LogP contribution < -0.4 is 14.9 Å². The highest BCUT2D eigenvalue weighted by Gasteiger charge is 2.19. The summed E-state index contributed by atoms with van der Waals surface area (Å²) in [4.78, 5) is 13.1. The first-order valence-electron chi connectivity index (χ1n) is 10.5. The maximum Gasteiger partial charge on any atom is 0.251 e. The fourth-order valence-corrected chi connectivity index (χ4v) is 3.73. The van der Waals surface area contributed by atoms with E-state index < -0.39 is 17.1 Å². The smallest absolute Gasteiger partial charge is 0.251 e. The second-order valence-corrected chi connectivity index (χ2v) is 7.50. The molecule has 0 amide bonds. The van der Waals surface area contributed by atoms with E-state index in [2.05, 4.69) is 10.2 Å². The number of para-hydroxylation sites is 1. The van der Waals surface area contributed by atoms with Crippen molar-refractivity contribution in [1.29, 1.82) is 0 Å². The molecule has 3 heterocycles. The minimum atomic E-state index is -0.959. The third kappa shape index (κ3) is 3.95.